The normalized spacial score (nSPS) is 33.1. The predicted octanol–water partition coefficient (Wildman–Crippen LogP) is 5.69. The summed E-state index contributed by atoms with van der Waals surface area (Å²) in [5.74, 6) is 2.95. The van der Waals surface area contributed by atoms with Crippen molar-refractivity contribution in [3.8, 4) is 0 Å². The molecule has 4 aliphatic rings. The van der Waals surface area contributed by atoms with Gasteiger partial charge in [0.25, 0.3) is 0 Å². The topological polar surface area (TPSA) is 24.1 Å². The largest absolute Gasteiger partial charge is 0.359 e. The zero-order valence-electron chi connectivity index (χ0n) is 15.8. The molecule has 26 heavy (non-hydrogen) atoms. The van der Waals surface area contributed by atoms with E-state index in [0.717, 1.165) is 34.4 Å². The second-order valence-electron chi connectivity index (χ2n) is 9.07. The van der Waals surface area contributed by atoms with Crippen LogP contribution < -0.4 is 10.6 Å². The fraction of sp³-hybridized carbons (Fsp3) is 0.682. The first-order valence-corrected chi connectivity index (χ1v) is 11.1. The highest BCUT2D eigenvalue weighted by molar-refractivity contribution is 7.80. The number of hydrogen-bond donors (Lipinski definition) is 2. The fourth-order valence-corrected chi connectivity index (χ4v) is 6.76. The first-order chi connectivity index (χ1) is 12.6. The smallest absolute Gasteiger partial charge is 0.166 e. The summed E-state index contributed by atoms with van der Waals surface area (Å²) in [4.78, 5) is 0. The molecule has 0 radical (unpaired) electrons. The van der Waals surface area contributed by atoms with E-state index in [9.17, 15) is 0 Å². The van der Waals surface area contributed by atoms with Crippen LogP contribution in [0.5, 0.6) is 0 Å². The average Bonchev–Trinajstić information content (AvgIpc) is 2.60. The van der Waals surface area contributed by atoms with Crippen LogP contribution in [0.4, 0.5) is 0 Å². The predicted molar refractivity (Wildman–Crippen MR) is 113 cm³/mol. The Kier molecular flexibility index (Phi) is 5.48. The minimum Gasteiger partial charge on any atom is -0.359 e. The van der Waals surface area contributed by atoms with Gasteiger partial charge in [-0.15, -0.1) is 0 Å². The van der Waals surface area contributed by atoms with Gasteiger partial charge in [-0.3, -0.25) is 0 Å². The molecule has 1 atom stereocenters. The van der Waals surface area contributed by atoms with Crippen LogP contribution in [0.25, 0.3) is 0 Å². The number of rotatable bonds is 6. The van der Waals surface area contributed by atoms with Crippen LogP contribution in [0.3, 0.4) is 0 Å². The number of benzene rings is 1. The van der Waals surface area contributed by atoms with Crippen molar-refractivity contribution in [2.24, 2.45) is 23.2 Å². The molecule has 4 fully saturated rings. The summed E-state index contributed by atoms with van der Waals surface area (Å²) in [5, 5.41) is 8.76. The average molecular weight is 391 g/mol. The van der Waals surface area contributed by atoms with E-state index >= 15 is 0 Å². The van der Waals surface area contributed by atoms with Gasteiger partial charge < -0.3 is 10.6 Å². The van der Waals surface area contributed by atoms with Gasteiger partial charge in [0.05, 0.1) is 0 Å². The SMILES string of the molecule is CCCC(NC(=S)NCc1ccc(Cl)cc1)C12CC3CC(CC(C3)C1)C2. The summed E-state index contributed by atoms with van der Waals surface area (Å²) in [5.41, 5.74) is 1.71. The molecule has 0 heterocycles. The maximum atomic E-state index is 5.97. The van der Waals surface area contributed by atoms with E-state index in [0.29, 0.717) is 11.5 Å². The van der Waals surface area contributed by atoms with Crippen molar-refractivity contribution in [1.29, 1.82) is 0 Å². The number of thiocarbonyl (C=S) groups is 1. The van der Waals surface area contributed by atoms with Gasteiger partial charge in [0.2, 0.25) is 0 Å². The fourth-order valence-electron chi connectivity index (χ4n) is 6.42. The van der Waals surface area contributed by atoms with E-state index in [1.54, 1.807) is 0 Å². The zero-order chi connectivity index (χ0) is 18.1. The molecule has 2 nitrogen and oxygen atoms in total. The van der Waals surface area contributed by atoms with Crippen LogP contribution in [0, 0.1) is 23.2 Å². The highest BCUT2D eigenvalue weighted by Gasteiger charge is 2.54. The van der Waals surface area contributed by atoms with Gasteiger partial charge in [-0.1, -0.05) is 37.1 Å². The number of hydrogen-bond acceptors (Lipinski definition) is 1. The third-order valence-electron chi connectivity index (χ3n) is 7.07. The molecule has 0 aromatic heterocycles. The van der Waals surface area contributed by atoms with Crippen molar-refractivity contribution >= 4 is 28.9 Å². The number of nitrogens with one attached hydrogen (secondary N) is 2. The molecule has 0 amide bonds. The molecule has 1 aromatic rings. The maximum Gasteiger partial charge on any atom is 0.166 e. The van der Waals surface area contributed by atoms with E-state index < -0.39 is 0 Å². The lowest BCUT2D eigenvalue weighted by molar-refractivity contribution is -0.0720. The molecule has 1 unspecified atom stereocenters. The van der Waals surface area contributed by atoms with Gasteiger partial charge in [0.1, 0.15) is 0 Å². The zero-order valence-corrected chi connectivity index (χ0v) is 17.3. The molecule has 4 bridgehead atoms. The molecule has 0 saturated heterocycles. The van der Waals surface area contributed by atoms with E-state index in [1.165, 1.54) is 56.9 Å². The van der Waals surface area contributed by atoms with Crippen LogP contribution in [-0.2, 0) is 6.54 Å². The molecule has 5 rings (SSSR count). The lowest BCUT2D eigenvalue weighted by Gasteiger charge is -2.59. The van der Waals surface area contributed by atoms with Gasteiger partial charge in [0, 0.05) is 17.6 Å². The highest BCUT2D eigenvalue weighted by Crippen LogP contribution is 2.61. The van der Waals surface area contributed by atoms with Crippen LogP contribution in [0.15, 0.2) is 24.3 Å². The summed E-state index contributed by atoms with van der Waals surface area (Å²) >= 11 is 11.6. The minimum absolute atomic E-state index is 0.497. The van der Waals surface area contributed by atoms with Gasteiger partial charge in [0.15, 0.2) is 5.11 Å². The lowest BCUT2D eigenvalue weighted by atomic mass is 9.47. The second kappa shape index (κ2) is 7.67. The summed E-state index contributed by atoms with van der Waals surface area (Å²) in [7, 11) is 0. The Morgan fingerprint density at radius 3 is 2.23 bits per heavy atom. The van der Waals surface area contributed by atoms with Crippen molar-refractivity contribution in [2.45, 2.75) is 70.9 Å². The van der Waals surface area contributed by atoms with Crippen molar-refractivity contribution in [3.63, 3.8) is 0 Å². The Hall–Kier alpha value is -0.800. The Morgan fingerprint density at radius 1 is 1.12 bits per heavy atom. The van der Waals surface area contributed by atoms with E-state index in [-0.39, 0.29) is 0 Å². The molecule has 0 aliphatic heterocycles. The van der Waals surface area contributed by atoms with Crippen LogP contribution in [-0.4, -0.2) is 11.2 Å². The molecule has 4 heteroatoms. The monoisotopic (exact) mass is 390 g/mol. The quantitative estimate of drug-likeness (QED) is 0.610. The molecule has 2 N–H and O–H groups in total. The van der Waals surface area contributed by atoms with E-state index in [1.807, 2.05) is 12.1 Å². The molecular weight excluding hydrogens is 360 g/mol. The summed E-state index contributed by atoms with van der Waals surface area (Å²) in [6, 6.07) is 8.52. The molecule has 1 aromatic carbocycles. The van der Waals surface area contributed by atoms with Gasteiger partial charge in [-0.2, -0.15) is 0 Å². The molecule has 4 saturated carbocycles. The van der Waals surface area contributed by atoms with Gasteiger partial charge in [-0.05, 0) is 98.0 Å². The molecule has 0 spiro atoms. The Labute approximate surface area is 168 Å². The number of halogens is 1. The van der Waals surface area contributed by atoms with Crippen molar-refractivity contribution in [3.05, 3.63) is 34.9 Å². The van der Waals surface area contributed by atoms with Gasteiger partial charge in [-0.25, -0.2) is 0 Å². The third kappa shape index (κ3) is 3.89. The minimum atomic E-state index is 0.497. The lowest BCUT2D eigenvalue weighted by Crippen LogP contribution is -2.58. The first-order valence-electron chi connectivity index (χ1n) is 10.3. The standard InChI is InChI=1S/C22H31ClN2S/c1-2-3-20(22-11-16-8-17(12-22)10-18(9-16)13-22)25-21(26)24-14-15-4-6-19(23)7-5-15/h4-7,16-18,20H,2-3,8-14H2,1H3,(H2,24,25,26). The second-order valence-corrected chi connectivity index (χ2v) is 9.92. The van der Waals surface area contributed by atoms with Crippen LogP contribution in [0.2, 0.25) is 5.02 Å². The molecular formula is C22H31ClN2S. The van der Waals surface area contributed by atoms with E-state index in [2.05, 4.69) is 29.7 Å². The van der Waals surface area contributed by atoms with Crippen LogP contribution >= 0.6 is 23.8 Å². The Morgan fingerprint density at radius 2 is 1.69 bits per heavy atom. The molecule has 4 aliphatic carbocycles. The summed E-state index contributed by atoms with van der Waals surface area (Å²) in [6.45, 7) is 3.06. The molecule has 142 valence electrons. The van der Waals surface area contributed by atoms with Gasteiger partial charge >= 0.3 is 0 Å². The summed E-state index contributed by atoms with van der Waals surface area (Å²) in [6.07, 6.45) is 11.2. The van der Waals surface area contributed by atoms with E-state index in [4.69, 9.17) is 23.8 Å². The first kappa shape index (κ1) is 18.6. The van der Waals surface area contributed by atoms with Crippen LogP contribution in [0.1, 0.15) is 63.9 Å². The highest BCUT2D eigenvalue weighted by atomic mass is 35.5. The van der Waals surface area contributed by atoms with Crippen molar-refractivity contribution in [2.75, 3.05) is 0 Å². The third-order valence-corrected chi connectivity index (χ3v) is 7.59. The Balaban J connectivity index is 1.39. The maximum absolute atomic E-state index is 5.97. The Bertz CT molecular complexity index is 607. The summed E-state index contributed by atoms with van der Waals surface area (Å²) < 4.78 is 0. The van der Waals surface area contributed by atoms with Crippen molar-refractivity contribution < 1.29 is 0 Å². The van der Waals surface area contributed by atoms with Crippen molar-refractivity contribution in [1.82, 2.24) is 10.6 Å².